The molecule has 21 heavy (non-hydrogen) atoms. The number of aryl methyl sites for hydroxylation is 1. The van der Waals surface area contributed by atoms with Crippen LogP contribution >= 0.6 is 0 Å². The smallest absolute Gasteiger partial charge is 0.149 e. The molecule has 0 aliphatic carbocycles. The second-order valence-electron chi connectivity index (χ2n) is 4.04. The molecule has 0 unspecified atom stereocenters. The maximum atomic E-state index is 9.26. The van der Waals surface area contributed by atoms with Crippen molar-refractivity contribution in [1.29, 1.82) is 5.41 Å². The molecule has 0 aliphatic heterocycles. The van der Waals surface area contributed by atoms with Crippen molar-refractivity contribution in [3.8, 4) is 0 Å². The summed E-state index contributed by atoms with van der Waals surface area (Å²) in [6.07, 6.45) is 9.35. The van der Waals surface area contributed by atoms with Gasteiger partial charge < -0.3 is 21.1 Å². The molecule has 0 aromatic carbocycles. The average molecular weight is 288 g/mol. The van der Waals surface area contributed by atoms with Crippen molar-refractivity contribution in [3.63, 3.8) is 0 Å². The largest absolute Gasteiger partial charge is 0.390 e. The Morgan fingerprint density at radius 3 is 2.81 bits per heavy atom. The van der Waals surface area contributed by atoms with E-state index in [1.165, 1.54) is 0 Å². The van der Waals surface area contributed by atoms with Crippen LogP contribution in [-0.2, 0) is 7.05 Å². The number of aliphatic imine (C=N–C) groups is 1. The molecule has 0 fully saturated rings. The average Bonchev–Trinajstić information content (AvgIpc) is 2.88. The summed E-state index contributed by atoms with van der Waals surface area (Å²) in [5, 5.41) is 26.6. The third kappa shape index (κ3) is 5.07. The van der Waals surface area contributed by atoms with E-state index in [0.29, 0.717) is 17.2 Å². The van der Waals surface area contributed by atoms with Crippen LogP contribution in [0.5, 0.6) is 0 Å². The van der Waals surface area contributed by atoms with Crippen LogP contribution in [-0.4, -0.2) is 40.6 Å². The topological polar surface area (TPSA) is 98.3 Å². The van der Waals surface area contributed by atoms with Gasteiger partial charge in [-0.15, -0.1) is 0 Å². The van der Waals surface area contributed by atoms with E-state index in [4.69, 9.17) is 5.41 Å². The van der Waals surface area contributed by atoms with Gasteiger partial charge in [0.25, 0.3) is 0 Å². The van der Waals surface area contributed by atoms with E-state index < -0.39 is 0 Å². The maximum absolute atomic E-state index is 9.26. The highest BCUT2D eigenvalue weighted by atomic mass is 16.3. The SMILES string of the molecule is C=C/C=C(CO)/N=C(NC)/C(=C\C=N)Nc1cnn(C)c1. The summed E-state index contributed by atoms with van der Waals surface area (Å²) in [4.78, 5) is 4.31. The lowest BCUT2D eigenvalue weighted by molar-refractivity contribution is 0.330. The molecule has 0 spiro atoms. The zero-order chi connectivity index (χ0) is 15.7. The van der Waals surface area contributed by atoms with Crippen molar-refractivity contribution in [2.45, 2.75) is 0 Å². The van der Waals surface area contributed by atoms with E-state index in [-0.39, 0.29) is 6.61 Å². The van der Waals surface area contributed by atoms with Crippen LogP contribution in [0.25, 0.3) is 0 Å². The Labute approximate surface area is 123 Å². The summed E-state index contributed by atoms with van der Waals surface area (Å²) >= 11 is 0. The van der Waals surface area contributed by atoms with Gasteiger partial charge in [0.15, 0.2) is 0 Å². The molecule has 0 bridgehead atoms. The number of allylic oxidation sites excluding steroid dienone is 3. The Kier molecular flexibility index (Phi) is 6.62. The van der Waals surface area contributed by atoms with E-state index in [1.807, 2.05) is 7.05 Å². The summed E-state index contributed by atoms with van der Waals surface area (Å²) in [5.74, 6) is 0.490. The fourth-order valence-electron chi connectivity index (χ4n) is 1.56. The highest BCUT2D eigenvalue weighted by molar-refractivity contribution is 6.03. The summed E-state index contributed by atoms with van der Waals surface area (Å²) < 4.78 is 1.66. The second-order valence-corrected chi connectivity index (χ2v) is 4.04. The number of hydrogen-bond acceptors (Lipinski definition) is 5. The van der Waals surface area contributed by atoms with Gasteiger partial charge in [-0.3, -0.25) is 4.68 Å². The number of nitrogens with zero attached hydrogens (tertiary/aromatic N) is 3. The fourth-order valence-corrected chi connectivity index (χ4v) is 1.56. The van der Waals surface area contributed by atoms with Crippen LogP contribution in [0.1, 0.15) is 0 Å². The minimum atomic E-state index is -0.206. The number of nitrogens with one attached hydrogen (secondary N) is 3. The molecule has 112 valence electrons. The molecular weight excluding hydrogens is 268 g/mol. The van der Waals surface area contributed by atoms with Crippen LogP contribution in [0, 0.1) is 5.41 Å². The van der Waals surface area contributed by atoms with E-state index in [9.17, 15) is 5.11 Å². The molecule has 1 heterocycles. The predicted molar refractivity (Wildman–Crippen MR) is 85.6 cm³/mol. The number of likely N-dealkylation sites (N-methyl/N-ethyl adjacent to an activating group) is 1. The molecule has 7 nitrogen and oxygen atoms in total. The molecule has 0 saturated carbocycles. The van der Waals surface area contributed by atoms with E-state index >= 15 is 0 Å². The third-order valence-electron chi connectivity index (χ3n) is 2.45. The number of aromatic nitrogens is 2. The Balaban J connectivity index is 3.09. The van der Waals surface area contributed by atoms with Crippen molar-refractivity contribution in [2.75, 3.05) is 19.0 Å². The monoisotopic (exact) mass is 288 g/mol. The van der Waals surface area contributed by atoms with E-state index in [1.54, 1.807) is 42.4 Å². The molecular formula is C14H20N6O. The molecule has 0 radical (unpaired) electrons. The summed E-state index contributed by atoms with van der Waals surface area (Å²) in [5.41, 5.74) is 1.81. The van der Waals surface area contributed by atoms with E-state index in [0.717, 1.165) is 11.9 Å². The van der Waals surface area contributed by atoms with Crippen LogP contribution < -0.4 is 10.6 Å². The first-order valence-electron chi connectivity index (χ1n) is 6.30. The molecule has 1 rings (SSSR count). The van der Waals surface area contributed by atoms with Gasteiger partial charge in [0.2, 0.25) is 0 Å². The standard InChI is InChI=1S/C14H20N6O/c1-4-5-11(10-21)19-14(16-2)13(6-7-15)18-12-8-17-20(3)9-12/h4-9,15,18,21H,1,10H2,2-3H3,(H,16,19)/b11-5+,13-6+,15-7?. The van der Waals surface area contributed by atoms with Crippen LogP contribution in [0.15, 0.2) is 53.6 Å². The normalized spacial score (nSPS) is 13.0. The molecule has 0 atom stereocenters. The molecule has 0 amide bonds. The maximum Gasteiger partial charge on any atom is 0.149 e. The Morgan fingerprint density at radius 2 is 2.33 bits per heavy atom. The lowest BCUT2D eigenvalue weighted by atomic mass is 10.3. The first kappa shape index (κ1) is 16.4. The Hall–Kier alpha value is -2.67. The van der Waals surface area contributed by atoms with Crippen molar-refractivity contribution < 1.29 is 5.11 Å². The Bertz CT molecular complexity index is 582. The first-order chi connectivity index (χ1) is 10.1. The first-order valence-corrected chi connectivity index (χ1v) is 6.30. The number of hydrogen-bond donors (Lipinski definition) is 4. The highest BCUT2D eigenvalue weighted by Gasteiger charge is 2.07. The quantitative estimate of drug-likeness (QED) is 0.342. The van der Waals surface area contributed by atoms with Crippen molar-refractivity contribution in [2.24, 2.45) is 12.0 Å². The number of anilines is 1. The lowest BCUT2D eigenvalue weighted by Crippen LogP contribution is -2.25. The number of aliphatic hydroxyl groups excluding tert-OH is 1. The van der Waals surface area contributed by atoms with Crippen LogP contribution in [0.2, 0.25) is 0 Å². The molecule has 0 aliphatic rings. The van der Waals surface area contributed by atoms with Gasteiger partial charge in [-0.25, -0.2) is 4.99 Å². The number of rotatable bonds is 7. The fraction of sp³-hybridized carbons (Fsp3) is 0.214. The highest BCUT2D eigenvalue weighted by Crippen LogP contribution is 2.09. The molecule has 7 heteroatoms. The predicted octanol–water partition coefficient (Wildman–Crippen LogP) is 1.05. The molecule has 1 aromatic heterocycles. The van der Waals surface area contributed by atoms with Crippen LogP contribution in [0.4, 0.5) is 5.69 Å². The Morgan fingerprint density at radius 1 is 1.57 bits per heavy atom. The minimum absolute atomic E-state index is 0.206. The number of amidine groups is 1. The van der Waals surface area contributed by atoms with Crippen LogP contribution in [0.3, 0.4) is 0 Å². The van der Waals surface area contributed by atoms with Crippen molar-refractivity contribution in [1.82, 2.24) is 15.1 Å². The van der Waals surface area contributed by atoms with Gasteiger partial charge in [-0.2, -0.15) is 5.10 Å². The molecule has 4 N–H and O–H groups in total. The summed E-state index contributed by atoms with van der Waals surface area (Å²) in [6, 6.07) is 0. The summed E-state index contributed by atoms with van der Waals surface area (Å²) in [7, 11) is 3.53. The van der Waals surface area contributed by atoms with Gasteiger partial charge in [0.1, 0.15) is 5.84 Å². The van der Waals surface area contributed by atoms with E-state index in [2.05, 4.69) is 27.3 Å². The molecule has 1 aromatic rings. The molecule has 0 saturated heterocycles. The third-order valence-corrected chi connectivity index (χ3v) is 2.45. The van der Waals surface area contributed by atoms with Crippen molar-refractivity contribution in [3.05, 3.63) is 48.6 Å². The zero-order valence-electron chi connectivity index (χ0n) is 12.2. The van der Waals surface area contributed by atoms with Gasteiger partial charge >= 0.3 is 0 Å². The summed E-state index contributed by atoms with van der Waals surface area (Å²) in [6.45, 7) is 3.37. The number of aliphatic hydroxyl groups is 1. The van der Waals surface area contributed by atoms with Crippen molar-refractivity contribution >= 4 is 17.7 Å². The van der Waals surface area contributed by atoms with Gasteiger partial charge in [0, 0.05) is 26.5 Å². The zero-order valence-corrected chi connectivity index (χ0v) is 12.2. The second kappa shape index (κ2) is 8.49. The van der Waals surface area contributed by atoms with Gasteiger partial charge in [0.05, 0.1) is 29.9 Å². The minimum Gasteiger partial charge on any atom is -0.390 e. The lowest BCUT2D eigenvalue weighted by Gasteiger charge is -2.12. The van der Waals surface area contributed by atoms with Gasteiger partial charge in [-0.1, -0.05) is 12.7 Å². The van der Waals surface area contributed by atoms with Gasteiger partial charge in [-0.05, 0) is 12.2 Å².